The highest BCUT2D eigenvalue weighted by Gasteiger charge is 2.30. The summed E-state index contributed by atoms with van der Waals surface area (Å²) in [6, 6.07) is 16.9. The molecule has 0 aromatic heterocycles. The first kappa shape index (κ1) is 18.5. The van der Waals surface area contributed by atoms with Gasteiger partial charge in [0, 0.05) is 0 Å². The van der Waals surface area contributed by atoms with Gasteiger partial charge < -0.3 is 19.9 Å². The number of rotatable bonds is 7. The summed E-state index contributed by atoms with van der Waals surface area (Å²) < 4.78 is 9.99. The number of carbonyl (C=O) groups excluding carboxylic acids is 2. The molecule has 132 valence electrons. The monoisotopic (exact) mass is 343 g/mol. The van der Waals surface area contributed by atoms with E-state index in [4.69, 9.17) is 9.47 Å². The van der Waals surface area contributed by atoms with Crippen LogP contribution >= 0.6 is 0 Å². The van der Waals surface area contributed by atoms with E-state index in [1.54, 1.807) is 37.3 Å². The number of aliphatic hydroxyl groups is 1. The molecule has 2 aromatic carbocycles. The zero-order chi connectivity index (χ0) is 18.1. The average molecular weight is 343 g/mol. The van der Waals surface area contributed by atoms with Gasteiger partial charge in [0.05, 0.1) is 12.6 Å². The molecule has 0 radical (unpaired) electrons. The van der Waals surface area contributed by atoms with Crippen LogP contribution in [0.15, 0.2) is 60.7 Å². The summed E-state index contributed by atoms with van der Waals surface area (Å²) in [5, 5.41) is 12.8. The van der Waals surface area contributed by atoms with Gasteiger partial charge in [0.15, 0.2) is 6.10 Å². The van der Waals surface area contributed by atoms with Gasteiger partial charge in [-0.1, -0.05) is 60.7 Å². The van der Waals surface area contributed by atoms with Gasteiger partial charge in [0.2, 0.25) is 0 Å². The Morgan fingerprint density at radius 3 is 2.20 bits per heavy atom. The van der Waals surface area contributed by atoms with Gasteiger partial charge in [-0.3, -0.25) is 0 Å². The highest BCUT2D eigenvalue weighted by atomic mass is 16.6. The average Bonchev–Trinajstić information content (AvgIpc) is 2.65. The topological polar surface area (TPSA) is 84.9 Å². The molecular formula is C19H21NO5. The van der Waals surface area contributed by atoms with Crippen LogP contribution in [0.1, 0.15) is 24.1 Å². The van der Waals surface area contributed by atoms with E-state index in [0.29, 0.717) is 5.56 Å². The number of benzene rings is 2. The van der Waals surface area contributed by atoms with Crippen molar-refractivity contribution >= 4 is 12.1 Å². The van der Waals surface area contributed by atoms with Crippen molar-refractivity contribution in [1.29, 1.82) is 0 Å². The van der Waals surface area contributed by atoms with E-state index >= 15 is 0 Å². The van der Waals surface area contributed by atoms with E-state index in [2.05, 4.69) is 5.32 Å². The number of alkyl carbamates (subject to hydrolysis) is 1. The highest BCUT2D eigenvalue weighted by Crippen LogP contribution is 2.18. The molecule has 0 bridgehead atoms. The second kappa shape index (κ2) is 9.44. The Labute approximate surface area is 146 Å². The molecule has 0 saturated heterocycles. The third kappa shape index (κ3) is 5.61. The van der Waals surface area contributed by atoms with Gasteiger partial charge in [-0.05, 0) is 18.1 Å². The first-order chi connectivity index (χ1) is 12.1. The minimum Gasteiger partial charge on any atom is -0.464 e. The second-order valence-electron chi connectivity index (χ2n) is 5.29. The first-order valence-corrected chi connectivity index (χ1v) is 7.98. The number of ether oxygens (including phenoxy) is 2. The molecule has 25 heavy (non-hydrogen) atoms. The van der Waals surface area contributed by atoms with Gasteiger partial charge in [0.1, 0.15) is 6.61 Å². The van der Waals surface area contributed by atoms with E-state index in [1.807, 2.05) is 30.3 Å². The van der Waals surface area contributed by atoms with Crippen molar-refractivity contribution in [3.63, 3.8) is 0 Å². The van der Waals surface area contributed by atoms with E-state index in [1.165, 1.54) is 0 Å². The number of hydrogen-bond donors (Lipinski definition) is 2. The number of nitrogens with one attached hydrogen (secondary N) is 1. The maximum Gasteiger partial charge on any atom is 0.408 e. The van der Waals surface area contributed by atoms with Gasteiger partial charge in [0.25, 0.3) is 0 Å². The lowest BCUT2D eigenvalue weighted by Crippen LogP contribution is -2.41. The Morgan fingerprint density at radius 1 is 1.00 bits per heavy atom. The van der Waals surface area contributed by atoms with Crippen LogP contribution in [-0.2, 0) is 20.9 Å². The summed E-state index contributed by atoms with van der Waals surface area (Å²) in [5.74, 6) is -0.806. The molecule has 0 aliphatic heterocycles. The predicted octanol–water partition coefficient (Wildman–Crippen LogP) is 2.58. The maximum absolute atomic E-state index is 12.1. The summed E-state index contributed by atoms with van der Waals surface area (Å²) in [6.07, 6.45) is -2.27. The van der Waals surface area contributed by atoms with Crippen molar-refractivity contribution in [2.24, 2.45) is 0 Å². The summed E-state index contributed by atoms with van der Waals surface area (Å²) in [4.78, 5) is 23.9. The Morgan fingerprint density at radius 2 is 1.60 bits per heavy atom. The molecule has 0 saturated carbocycles. The lowest BCUT2D eigenvalue weighted by Gasteiger charge is -2.23. The third-order valence-electron chi connectivity index (χ3n) is 3.49. The molecule has 0 heterocycles. The highest BCUT2D eigenvalue weighted by molar-refractivity contribution is 5.77. The molecule has 6 nitrogen and oxygen atoms in total. The molecule has 2 N–H and O–H groups in total. The molecule has 0 aliphatic rings. The molecule has 2 rings (SSSR count). The number of amides is 1. The molecule has 6 heteroatoms. The first-order valence-electron chi connectivity index (χ1n) is 7.98. The number of hydrogen-bond acceptors (Lipinski definition) is 5. The van der Waals surface area contributed by atoms with Crippen LogP contribution in [0.25, 0.3) is 0 Å². The summed E-state index contributed by atoms with van der Waals surface area (Å²) in [6.45, 7) is 1.86. The fraction of sp³-hybridized carbons (Fsp3) is 0.263. The van der Waals surface area contributed by atoms with Gasteiger partial charge in [-0.25, -0.2) is 9.59 Å². The van der Waals surface area contributed by atoms with Gasteiger partial charge in [-0.2, -0.15) is 0 Å². The normalized spacial score (nSPS) is 12.7. The summed E-state index contributed by atoms with van der Waals surface area (Å²) in [7, 11) is 0. The molecule has 0 unspecified atom stereocenters. The second-order valence-corrected chi connectivity index (χ2v) is 5.29. The SMILES string of the molecule is CCOC(=O)[C@@H](O)[C@@H](NC(=O)OCc1ccccc1)c1ccccc1. The Balaban J connectivity index is 2.05. The van der Waals surface area contributed by atoms with Crippen LogP contribution in [-0.4, -0.2) is 29.9 Å². The van der Waals surface area contributed by atoms with Gasteiger partial charge >= 0.3 is 12.1 Å². The molecular weight excluding hydrogens is 322 g/mol. The van der Waals surface area contributed by atoms with E-state index in [0.717, 1.165) is 5.56 Å². The largest absolute Gasteiger partial charge is 0.464 e. The molecule has 0 spiro atoms. The van der Waals surface area contributed by atoms with Crippen LogP contribution in [0.3, 0.4) is 0 Å². The predicted molar refractivity (Wildman–Crippen MR) is 91.6 cm³/mol. The zero-order valence-electron chi connectivity index (χ0n) is 13.9. The molecule has 2 aromatic rings. The third-order valence-corrected chi connectivity index (χ3v) is 3.49. The van der Waals surface area contributed by atoms with Crippen LogP contribution in [0, 0.1) is 0 Å². The van der Waals surface area contributed by atoms with Crippen molar-refractivity contribution in [3.8, 4) is 0 Å². The van der Waals surface area contributed by atoms with E-state index in [9.17, 15) is 14.7 Å². The fourth-order valence-electron chi connectivity index (χ4n) is 2.26. The minimum absolute atomic E-state index is 0.0870. The quantitative estimate of drug-likeness (QED) is 0.755. The fourth-order valence-corrected chi connectivity index (χ4v) is 2.26. The Kier molecular flexibility index (Phi) is 6.98. The van der Waals surface area contributed by atoms with Crippen molar-refractivity contribution in [1.82, 2.24) is 5.32 Å². The van der Waals surface area contributed by atoms with Crippen molar-refractivity contribution in [2.45, 2.75) is 25.7 Å². The van der Waals surface area contributed by atoms with Crippen LogP contribution in [0.5, 0.6) is 0 Å². The van der Waals surface area contributed by atoms with Crippen molar-refractivity contribution < 1.29 is 24.2 Å². The Hall–Kier alpha value is -2.86. The number of carbonyl (C=O) groups is 2. The minimum atomic E-state index is -1.54. The lowest BCUT2D eigenvalue weighted by atomic mass is 10.0. The molecule has 0 fully saturated rings. The molecule has 2 atom stereocenters. The van der Waals surface area contributed by atoms with E-state index < -0.39 is 24.2 Å². The van der Waals surface area contributed by atoms with Crippen LogP contribution in [0.2, 0.25) is 0 Å². The smallest absolute Gasteiger partial charge is 0.408 e. The molecule has 0 aliphatic carbocycles. The van der Waals surface area contributed by atoms with E-state index in [-0.39, 0.29) is 13.2 Å². The summed E-state index contributed by atoms with van der Waals surface area (Å²) in [5.41, 5.74) is 1.40. The van der Waals surface area contributed by atoms with Crippen LogP contribution in [0.4, 0.5) is 4.79 Å². The van der Waals surface area contributed by atoms with Crippen molar-refractivity contribution in [3.05, 3.63) is 71.8 Å². The standard InChI is InChI=1S/C19H21NO5/c1-2-24-18(22)17(21)16(15-11-7-4-8-12-15)20-19(23)25-13-14-9-5-3-6-10-14/h3-12,16-17,21H,2,13H2,1H3,(H,20,23)/t16-,17-/m0/s1. The lowest BCUT2D eigenvalue weighted by molar-refractivity contribution is -0.154. The zero-order valence-corrected chi connectivity index (χ0v) is 13.9. The molecule has 1 amide bonds. The Bertz CT molecular complexity index is 675. The maximum atomic E-state index is 12.1. The van der Waals surface area contributed by atoms with Crippen LogP contribution < -0.4 is 5.32 Å². The number of aliphatic hydroxyl groups excluding tert-OH is 1. The number of esters is 1. The van der Waals surface area contributed by atoms with Crippen molar-refractivity contribution in [2.75, 3.05) is 6.61 Å². The van der Waals surface area contributed by atoms with Gasteiger partial charge in [-0.15, -0.1) is 0 Å². The summed E-state index contributed by atoms with van der Waals surface area (Å²) >= 11 is 0.